The topological polar surface area (TPSA) is 76.3 Å². The fourth-order valence-electron chi connectivity index (χ4n) is 2.76. The predicted molar refractivity (Wildman–Crippen MR) is 69.4 cm³/mol. The maximum Gasteiger partial charge on any atom is 0.470 e. The quantitative estimate of drug-likeness (QED) is 0.831. The minimum absolute atomic E-state index is 0.169. The van der Waals surface area contributed by atoms with Crippen molar-refractivity contribution < 1.29 is 27.2 Å². The normalized spacial score (nSPS) is 24.7. The van der Waals surface area contributed by atoms with E-state index in [1.165, 1.54) is 11.0 Å². The van der Waals surface area contributed by atoms with Crippen LogP contribution in [0.4, 0.5) is 13.2 Å². The van der Waals surface area contributed by atoms with Crippen molar-refractivity contribution in [3.63, 3.8) is 0 Å². The number of nitrogens with zero attached hydrogens (tertiary/aromatic N) is 3. The minimum Gasteiger partial charge on any atom is -0.415 e. The number of rotatable bonds is 2. The highest BCUT2D eigenvalue weighted by Gasteiger charge is 2.43. The van der Waals surface area contributed by atoms with E-state index in [0.717, 1.165) is 0 Å². The molecule has 2 unspecified atom stereocenters. The lowest BCUT2D eigenvalue weighted by Gasteiger charge is -2.24. The Balaban J connectivity index is 1.92. The molecule has 2 aliphatic rings. The summed E-state index contributed by atoms with van der Waals surface area (Å²) in [6.45, 7) is 3.03. The second kappa shape index (κ2) is 5.04. The number of hydrogen-bond acceptors (Lipinski definition) is 5. The molecule has 0 saturated carbocycles. The van der Waals surface area contributed by atoms with Gasteiger partial charge in [0.1, 0.15) is 6.54 Å². The summed E-state index contributed by atoms with van der Waals surface area (Å²) in [7, 11) is 0. The van der Waals surface area contributed by atoms with E-state index in [9.17, 15) is 22.8 Å². The second-order valence-corrected chi connectivity index (χ2v) is 5.44. The third kappa shape index (κ3) is 2.45. The average Bonchev–Trinajstić information content (AvgIpc) is 3.03. The molecule has 0 aromatic carbocycles. The molecule has 3 rings (SSSR count). The van der Waals surface area contributed by atoms with Gasteiger partial charge in [-0.25, -0.2) is 0 Å². The number of amides is 1. The highest BCUT2D eigenvalue weighted by molar-refractivity contribution is 5.99. The molecule has 122 valence electrons. The van der Waals surface area contributed by atoms with Crippen LogP contribution in [0.3, 0.4) is 0 Å². The van der Waals surface area contributed by atoms with Crippen molar-refractivity contribution in [2.75, 3.05) is 0 Å². The van der Waals surface area contributed by atoms with Gasteiger partial charge in [-0.15, -0.1) is 10.2 Å². The van der Waals surface area contributed by atoms with Crippen LogP contribution in [0.5, 0.6) is 0 Å². The van der Waals surface area contributed by atoms with Gasteiger partial charge >= 0.3 is 12.1 Å². The van der Waals surface area contributed by atoms with E-state index < -0.39 is 23.9 Å². The zero-order valence-corrected chi connectivity index (χ0v) is 12.2. The maximum atomic E-state index is 12.5. The zero-order chi connectivity index (χ0) is 16.9. The van der Waals surface area contributed by atoms with Crippen molar-refractivity contribution in [1.29, 1.82) is 0 Å². The van der Waals surface area contributed by atoms with Crippen LogP contribution in [0, 0.1) is 11.8 Å². The Kier molecular flexibility index (Phi) is 3.38. The molecular weight excluding hydrogens is 315 g/mol. The first kappa shape index (κ1) is 15.4. The summed E-state index contributed by atoms with van der Waals surface area (Å²) in [4.78, 5) is 25.4. The molecule has 1 aliphatic heterocycles. The molecule has 2 heterocycles. The number of ketones is 1. The highest BCUT2D eigenvalue weighted by atomic mass is 19.4. The van der Waals surface area contributed by atoms with Gasteiger partial charge in [-0.2, -0.15) is 13.2 Å². The van der Waals surface area contributed by atoms with Crippen LogP contribution in [0.1, 0.15) is 25.6 Å². The smallest absolute Gasteiger partial charge is 0.415 e. The third-order valence-corrected chi connectivity index (χ3v) is 3.96. The summed E-state index contributed by atoms with van der Waals surface area (Å²) in [5, 5.41) is 6.27. The second-order valence-electron chi connectivity index (χ2n) is 5.44. The van der Waals surface area contributed by atoms with Gasteiger partial charge in [-0.3, -0.25) is 9.59 Å². The van der Waals surface area contributed by atoms with Gasteiger partial charge in [-0.1, -0.05) is 6.08 Å². The Morgan fingerprint density at radius 2 is 1.87 bits per heavy atom. The largest absolute Gasteiger partial charge is 0.470 e. The highest BCUT2D eigenvalue weighted by Crippen LogP contribution is 2.38. The summed E-state index contributed by atoms with van der Waals surface area (Å²) < 4.78 is 42.1. The van der Waals surface area contributed by atoms with Crippen molar-refractivity contribution in [3.8, 4) is 0 Å². The number of hydrogen-bond donors (Lipinski definition) is 0. The summed E-state index contributed by atoms with van der Waals surface area (Å²) in [6, 6.07) is 0. The molecule has 6 nitrogen and oxygen atoms in total. The molecule has 0 saturated heterocycles. The van der Waals surface area contributed by atoms with E-state index in [1.807, 2.05) is 0 Å². The van der Waals surface area contributed by atoms with Crippen LogP contribution in [0.2, 0.25) is 0 Å². The standard InChI is InChI=1S/C14H12F3N3O3/c1-6-8-3-4-9(21)7(2)11(8)20(12(6)22)5-10-18-19-13(23-10)14(15,16)17/h3-4,6-7H,5H2,1-2H3. The summed E-state index contributed by atoms with van der Waals surface area (Å²) in [5.41, 5.74) is 1.18. The van der Waals surface area contributed by atoms with E-state index in [-0.39, 0.29) is 24.1 Å². The first-order valence-corrected chi connectivity index (χ1v) is 6.87. The van der Waals surface area contributed by atoms with Crippen LogP contribution in [-0.4, -0.2) is 26.8 Å². The number of allylic oxidation sites excluding steroid dienone is 3. The van der Waals surface area contributed by atoms with Crippen LogP contribution in [0.25, 0.3) is 0 Å². The number of carbonyl (C=O) groups excluding carboxylic acids is 2. The van der Waals surface area contributed by atoms with Gasteiger partial charge in [0.05, 0.1) is 11.8 Å². The van der Waals surface area contributed by atoms with Gasteiger partial charge in [0.15, 0.2) is 5.78 Å². The molecule has 1 aliphatic carbocycles. The SMILES string of the molecule is CC1C(=O)N(Cc2nnc(C(F)(F)F)o2)C2=C1C=CC(=O)C2C. The number of carbonyl (C=O) groups is 2. The molecule has 1 aromatic rings. The lowest BCUT2D eigenvalue weighted by Crippen LogP contribution is -2.31. The van der Waals surface area contributed by atoms with Crippen molar-refractivity contribution >= 4 is 11.7 Å². The fraction of sp³-hybridized carbons (Fsp3) is 0.429. The lowest BCUT2D eigenvalue weighted by molar-refractivity contribution is -0.157. The molecule has 1 amide bonds. The van der Waals surface area contributed by atoms with E-state index in [2.05, 4.69) is 14.6 Å². The zero-order valence-electron chi connectivity index (χ0n) is 12.2. The molecule has 0 N–H and O–H groups in total. The fourth-order valence-corrected chi connectivity index (χ4v) is 2.76. The summed E-state index contributed by atoms with van der Waals surface area (Å²) >= 11 is 0. The monoisotopic (exact) mass is 327 g/mol. The minimum atomic E-state index is -4.74. The Morgan fingerprint density at radius 1 is 1.17 bits per heavy atom. The van der Waals surface area contributed by atoms with Crippen LogP contribution < -0.4 is 0 Å². The lowest BCUT2D eigenvalue weighted by atomic mass is 9.90. The Morgan fingerprint density at radius 3 is 2.48 bits per heavy atom. The van der Waals surface area contributed by atoms with Gasteiger partial charge < -0.3 is 9.32 Å². The van der Waals surface area contributed by atoms with Gasteiger partial charge in [0.2, 0.25) is 11.8 Å². The number of aromatic nitrogens is 2. The van der Waals surface area contributed by atoms with Crippen molar-refractivity contribution in [1.82, 2.24) is 15.1 Å². The maximum absolute atomic E-state index is 12.5. The van der Waals surface area contributed by atoms with E-state index >= 15 is 0 Å². The van der Waals surface area contributed by atoms with Crippen LogP contribution >= 0.6 is 0 Å². The molecule has 2 atom stereocenters. The van der Waals surface area contributed by atoms with E-state index in [1.54, 1.807) is 19.9 Å². The molecule has 0 spiro atoms. The van der Waals surface area contributed by atoms with Gasteiger partial charge in [0.25, 0.3) is 0 Å². The predicted octanol–water partition coefficient (Wildman–Crippen LogP) is 2.10. The molecule has 23 heavy (non-hydrogen) atoms. The number of alkyl halides is 3. The van der Waals surface area contributed by atoms with Gasteiger partial charge in [0, 0.05) is 5.70 Å². The molecule has 1 aromatic heterocycles. The molecule has 0 radical (unpaired) electrons. The van der Waals surface area contributed by atoms with Crippen molar-refractivity contribution in [2.24, 2.45) is 11.8 Å². The molecule has 9 heteroatoms. The molecular formula is C14H12F3N3O3. The van der Waals surface area contributed by atoms with Crippen molar-refractivity contribution in [2.45, 2.75) is 26.6 Å². The Hall–Kier alpha value is -2.45. The van der Waals surface area contributed by atoms with Crippen LogP contribution in [0.15, 0.2) is 27.8 Å². The van der Waals surface area contributed by atoms with E-state index in [0.29, 0.717) is 11.3 Å². The average molecular weight is 327 g/mol. The Labute approximate surface area is 128 Å². The van der Waals surface area contributed by atoms with E-state index in [4.69, 9.17) is 0 Å². The first-order valence-electron chi connectivity index (χ1n) is 6.87. The number of halogens is 3. The molecule has 0 fully saturated rings. The summed E-state index contributed by atoms with van der Waals surface area (Å²) in [5.74, 6) is -3.30. The Bertz CT molecular complexity index is 748. The van der Waals surface area contributed by atoms with Crippen molar-refractivity contribution in [3.05, 3.63) is 35.2 Å². The summed E-state index contributed by atoms with van der Waals surface area (Å²) in [6.07, 6.45) is -1.75. The molecule has 0 bridgehead atoms. The third-order valence-electron chi connectivity index (χ3n) is 3.96. The van der Waals surface area contributed by atoms with Crippen LogP contribution in [-0.2, 0) is 22.3 Å². The van der Waals surface area contributed by atoms with Gasteiger partial charge in [-0.05, 0) is 25.5 Å². The first-order chi connectivity index (χ1) is 10.7.